The molecule has 1 aliphatic heterocycles. The summed E-state index contributed by atoms with van der Waals surface area (Å²) in [6, 6.07) is 3.39. The molecule has 0 aromatic heterocycles. The largest absolute Gasteiger partial charge is 0.243 e. The van der Waals surface area contributed by atoms with Crippen molar-refractivity contribution in [2.24, 2.45) is 0 Å². The molecule has 1 saturated heterocycles. The third kappa shape index (κ3) is 3.74. The molecule has 118 valence electrons. The molecule has 5 nitrogen and oxygen atoms in total. The van der Waals surface area contributed by atoms with Crippen LogP contribution < -0.4 is 0 Å². The Morgan fingerprint density at radius 3 is 2.62 bits per heavy atom. The summed E-state index contributed by atoms with van der Waals surface area (Å²) in [7, 11) is -7.18. The highest BCUT2D eigenvalue weighted by Gasteiger charge is 2.30. The highest BCUT2D eigenvalue weighted by atomic mass is 35.5. The fraction of sp³-hybridized carbons (Fsp3) is 0.500. The lowest BCUT2D eigenvalue weighted by Crippen LogP contribution is -2.34. The minimum Gasteiger partial charge on any atom is -0.229 e. The van der Waals surface area contributed by atoms with Gasteiger partial charge in [0, 0.05) is 19.0 Å². The van der Waals surface area contributed by atoms with E-state index in [0.29, 0.717) is 5.56 Å². The van der Waals surface area contributed by atoms with Crippen molar-refractivity contribution in [2.75, 3.05) is 24.6 Å². The van der Waals surface area contributed by atoms with Crippen LogP contribution in [0.1, 0.15) is 12.0 Å². The van der Waals surface area contributed by atoms with E-state index in [1.165, 1.54) is 6.07 Å². The van der Waals surface area contributed by atoms with Crippen LogP contribution in [-0.4, -0.2) is 45.7 Å². The Balaban J connectivity index is 2.40. The predicted molar refractivity (Wildman–Crippen MR) is 78.0 cm³/mol. The summed E-state index contributed by atoms with van der Waals surface area (Å²) >= 11 is 5.71. The highest BCUT2D eigenvalue weighted by molar-refractivity contribution is 7.91. The molecule has 21 heavy (non-hydrogen) atoms. The van der Waals surface area contributed by atoms with Crippen molar-refractivity contribution in [1.82, 2.24) is 4.31 Å². The van der Waals surface area contributed by atoms with Gasteiger partial charge in [0.15, 0.2) is 9.84 Å². The van der Waals surface area contributed by atoms with Gasteiger partial charge in [-0.2, -0.15) is 4.31 Å². The summed E-state index contributed by atoms with van der Waals surface area (Å²) in [5.74, 6) is -1.01. The molecule has 0 spiro atoms. The van der Waals surface area contributed by atoms with Gasteiger partial charge in [0.2, 0.25) is 10.0 Å². The molecule has 1 fully saturated rings. The van der Waals surface area contributed by atoms with Gasteiger partial charge in [-0.05, 0) is 24.1 Å². The van der Waals surface area contributed by atoms with Gasteiger partial charge < -0.3 is 0 Å². The Hall–Kier alpha value is -0.700. The Kier molecular flexibility index (Phi) is 4.92. The first-order chi connectivity index (χ1) is 9.76. The molecule has 0 amide bonds. The summed E-state index contributed by atoms with van der Waals surface area (Å²) in [6.07, 6.45) is 0.229. The normalized spacial score (nSPS) is 20.1. The van der Waals surface area contributed by atoms with Crippen LogP contribution in [0.2, 0.25) is 0 Å². The zero-order valence-corrected chi connectivity index (χ0v) is 13.5. The van der Waals surface area contributed by atoms with E-state index in [9.17, 15) is 21.2 Å². The lowest BCUT2D eigenvalue weighted by atomic mass is 10.2. The number of alkyl halides is 1. The van der Waals surface area contributed by atoms with Crippen molar-refractivity contribution >= 4 is 31.5 Å². The number of halogens is 2. The van der Waals surface area contributed by atoms with Gasteiger partial charge in [0.1, 0.15) is 5.82 Å². The Morgan fingerprint density at radius 2 is 1.95 bits per heavy atom. The summed E-state index contributed by atoms with van der Waals surface area (Å²) in [5.41, 5.74) is 0.296. The molecular weight excluding hydrogens is 341 g/mol. The van der Waals surface area contributed by atoms with E-state index in [4.69, 9.17) is 11.6 Å². The molecule has 0 saturated carbocycles. The fourth-order valence-electron chi connectivity index (χ4n) is 2.17. The molecule has 0 unspecified atom stereocenters. The first-order valence-electron chi connectivity index (χ1n) is 6.31. The van der Waals surface area contributed by atoms with Gasteiger partial charge in [-0.1, -0.05) is 6.07 Å². The number of sulfonamides is 1. The van der Waals surface area contributed by atoms with Gasteiger partial charge in [0.25, 0.3) is 0 Å². The molecular formula is C12H15ClFNO4S2. The SMILES string of the molecule is O=S1(=O)CCCN(S(=O)(=O)c2cc(F)ccc2CCl)CC1. The van der Waals surface area contributed by atoms with Crippen LogP contribution in [0.5, 0.6) is 0 Å². The maximum absolute atomic E-state index is 13.4. The van der Waals surface area contributed by atoms with Crippen molar-refractivity contribution in [3.05, 3.63) is 29.6 Å². The standard InChI is InChI=1S/C12H15ClFNO4S2/c13-9-10-2-3-11(14)8-12(10)21(18,19)15-4-1-6-20(16,17)7-5-15/h2-3,8H,1,4-7,9H2. The fourth-order valence-corrected chi connectivity index (χ4v) is 5.59. The highest BCUT2D eigenvalue weighted by Crippen LogP contribution is 2.24. The van der Waals surface area contributed by atoms with E-state index >= 15 is 0 Å². The average molecular weight is 356 g/mol. The third-order valence-corrected chi connectivity index (χ3v) is 7.29. The van der Waals surface area contributed by atoms with Crippen LogP contribution in [0.3, 0.4) is 0 Å². The summed E-state index contributed by atoms with van der Waals surface area (Å²) in [5, 5.41) is 0. The zero-order chi connectivity index (χ0) is 15.7. The van der Waals surface area contributed by atoms with Crippen LogP contribution in [0, 0.1) is 5.82 Å². The van der Waals surface area contributed by atoms with Crippen LogP contribution in [0.25, 0.3) is 0 Å². The molecule has 1 aromatic rings. The summed E-state index contributed by atoms with van der Waals surface area (Å²) < 4.78 is 62.7. The van der Waals surface area contributed by atoms with Crippen LogP contribution in [0.15, 0.2) is 23.1 Å². The smallest absolute Gasteiger partial charge is 0.229 e. The van der Waals surface area contributed by atoms with Crippen molar-refractivity contribution in [2.45, 2.75) is 17.2 Å². The number of rotatable bonds is 3. The van der Waals surface area contributed by atoms with Crippen molar-refractivity contribution in [3.63, 3.8) is 0 Å². The molecule has 1 heterocycles. The molecule has 2 rings (SSSR count). The first-order valence-corrected chi connectivity index (χ1v) is 10.1. The summed E-state index contributed by atoms with van der Waals surface area (Å²) in [4.78, 5) is -0.197. The molecule has 9 heteroatoms. The Bertz CT molecular complexity index is 734. The Labute approximate surface area is 128 Å². The number of nitrogens with zero attached hydrogens (tertiary/aromatic N) is 1. The van der Waals surface area contributed by atoms with E-state index in [-0.39, 0.29) is 41.8 Å². The molecule has 0 radical (unpaired) electrons. The lowest BCUT2D eigenvalue weighted by molar-refractivity contribution is 0.433. The second-order valence-electron chi connectivity index (χ2n) is 4.80. The number of hydrogen-bond donors (Lipinski definition) is 0. The minimum atomic E-state index is -3.96. The van der Waals surface area contributed by atoms with E-state index in [1.54, 1.807) is 0 Å². The van der Waals surface area contributed by atoms with E-state index in [2.05, 4.69) is 0 Å². The second kappa shape index (κ2) is 6.20. The monoisotopic (exact) mass is 355 g/mol. The number of hydrogen-bond acceptors (Lipinski definition) is 4. The quantitative estimate of drug-likeness (QED) is 0.768. The third-order valence-electron chi connectivity index (χ3n) is 3.31. The summed E-state index contributed by atoms with van der Waals surface area (Å²) in [6.45, 7) is -0.0251. The average Bonchev–Trinajstić information content (AvgIpc) is 2.60. The van der Waals surface area contributed by atoms with Crippen molar-refractivity contribution in [3.8, 4) is 0 Å². The van der Waals surface area contributed by atoms with Gasteiger partial charge in [-0.15, -0.1) is 11.6 Å². The molecule has 0 aliphatic carbocycles. The van der Waals surface area contributed by atoms with E-state index in [1.807, 2.05) is 0 Å². The zero-order valence-electron chi connectivity index (χ0n) is 11.1. The second-order valence-corrected chi connectivity index (χ2v) is 9.27. The maximum atomic E-state index is 13.4. The first kappa shape index (κ1) is 16.7. The topological polar surface area (TPSA) is 71.5 Å². The van der Waals surface area contributed by atoms with Crippen LogP contribution in [-0.2, 0) is 25.7 Å². The molecule has 1 aromatic carbocycles. The van der Waals surface area contributed by atoms with Crippen molar-refractivity contribution < 1.29 is 21.2 Å². The van der Waals surface area contributed by atoms with E-state index in [0.717, 1.165) is 16.4 Å². The lowest BCUT2D eigenvalue weighted by Gasteiger charge is -2.20. The van der Waals surface area contributed by atoms with Crippen LogP contribution in [0.4, 0.5) is 4.39 Å². The predicted octanol–water partition coefficient (Wildman–Crippen LogP) is 1.37. The molecule has 0 bridgehead atoms. The maximum Gasteiger partial charge on any atom is 0.243 e. The van der Waals surface area contributed by atoms with Gasteiger partial charge in [0.05, 0.1) is 16.4 Å². The van der Waals surface area contributed by atoms with Gasteiger partial charge in [-0.25, -0.2) is 21.2 Å². The molecule has 1 aliphatic rings. The molecule has 0 atom stereocenters. The minimum absolute atomic E-state index is 0.0372. The Morgan fingerprint density at radius 1 is 1.24 bits per heavy atom. The van der Waals surface area contributed by atoms with Crippen molar-refractivity contribution in [1.29, 1.82) is 0 Å². The molecule has 0 N–H and O–H groups in total. The van der Waals surface area contributed by atoms with Crippen LogP contribution >= 0.6 is 11.6 Å². The van der Waals surface area contributed by atoms with Gasteiger partial charge in [-0.3, -0.25) is 0 Å². The van der Waals surface area contributed by atoms with Gasteiger partial charge >= 0.3 is 0 Å². The number of benzene rings is 1. The number of sulfone groups is 1. The van der Waals surface area contributed by atoms with E-state index < -0.39 is 25.7 Å².